The smallest absolute Gasteiger partial charge is 0.266 e. The van der Waals surface area contributed by atoms with Gasteiger partial charge in [-0.15, -0.1) is 0 Å². The van der Waals surface area contributed by atoms with E-state index >= 15 is 0 Å². The van der Waals surface area contributed by atoms with Crippen molar-refractivity contribution in [1.29, 1.82) is 0 Å². The monoisotopic (exact) mass is 493 g/mol. The standard InChI is InChI=1S/C29H39N3O4/c1-5-6-7-8-9-15-27(33)31(20-12-21-35-3)22(2)28-30-26-14-11-10-13-25(26)29(34)32(28)23-16-18-24(36-4)19-17-23/h10-11,13-14,16-19,22H,5-9,12,15,20-21H2,1-4H3. The van der Waals surface area contributed by atoms with E-state index < -0.39 is 6.04 Å². The van der Waals surface area contributed by atoms with Crippen LogP contribution in [0.15, 0.2) is 53.3 Å². The van der Waals surface area contributed by atoms with Gasteiger partial charge in [-0.3, -0.25) is 14.2 Å². The Hall–Kier alpha value is -3.19. The van der Waals surface area contributed by atoms with Crippen molar-refractivity contribution in [3.63, 3.8) is 0 Å². The number of benzene rings is 2. The number of amides is 1. The molecule has 7 heteroatoms. The first-order chi connectivity index (χ1) is 17.5. The van der Waals surface area contributed by atoms with Crippen LogP contribution in [-0.2, 0) is 9.53 Å². The van der Waals surface area contributed by atoms with E-state index in [1.807, 2.05) is 54.3 Å². The van der Waals surface area contributed by atoms with Gasteiger partial charge < -0.3 is 14.4 Å². The van der Waals surface area contributed by atoms with Gasteiger partial charge in [0.1, 0.15) is 11.6 Å². The molecule has 3 rings (SSSR count). The maximum absolute atomic E-state index is 13.7. The first kappa shape index (κ1) is 27.4. The number of fused-ring (bicyclic) bond motifs is 1. The highest BCUT2D eigenvalue weighted by Gasteiger charge is 2.26. The third kappa shape index (κ3) is 6.72. The summed E-state index contributed by atoms with van der Waals surface area (Å²) in [7, 11) is 3.27. The molecule has 1 aromatic heterocycles. The fourth-order valence-corrected chi connectivity index (χ4v) is 4.49. The minimum Gasteiger partial charge on any atom is -0.497 e. The Kier molecular flexibility index (Phi) is 10.5. The minimum absolute atomic E-state index is 0.0822. The predicted molar refractivity (Wildman–Crippen MR) is 144 cm³/mol. The molecule has 0 aliphatic carbocycles. The Balaban J connectivity index is 2.02. The van der Waals surface area contributed by atoms with Crippen LogP contribution in [0.3, 0.4) is 0 Å². The Labute approximate surface area is 214 Å². The van der Waals surface area contributed by atoms with Crippen molar-refractivity contribution < 1.29 is 14.3 Å². The summed E-state index contributed by atoms with van der Waals surface area (Å²) in [5, 5.41) is 0.539. The third-order valence-electron chi connectivity index (χ3n) is 6.54. The van der Waals surface area contributed by atoms with Gasteiger partial charge >= 0.3 is 0 Å². The summed E-state index contributed by atoms with van der Waals surface area (Å²) in [6.07, 6.45) is 6.62. The molecular weight excluding hydrogens is 454 g/mol. The van der Waals surface area contributed by atoms with Gasteiger partial charge in [-0.1, -0.05) is 44.7 Å². The summed E-state index contributed by atoms with van der Waals surface area (Å²) in [4.78, 5) is 33.9. The largest absolute Gasteiger partial charge is 0.497 e. The molecule has 0 radical (unpaired) electrons. The fraction of sp³-hybridized carbons (Fsp3) is 0.483. The van der Waals surface area contributed by atoms with Crippen LogP contribution in [0.1, 0.15) is 70.7 Å². The molecular formula is C29H39N3O4. The second-order valence-corrected chi connectivity index (χ2v) is 9.10. The van der Waals surface area contributed by atoms with Gasteiger partial charge in [0, 0.05) is 26.7 Å². The van der Waals surface area contributed by atoms with Crippen LogP contribution in [0.25, 0.3) is 16.6 Å². The van der Waals surface area contributed by atoms with Crippen molar-refractivity contribution >= 4 is 16.8 Å². The summed E-state index contributed by atoms with van der Waals surface area (Å²) in [6, 6.07) is 14.3. The van der Waals surface area contributed by atoms with Crippen molar-refractivity contribution in [3.05, 3.63) is 64.7 Å². The molecule has 1 unspecified atom stereocenters. The van der Waals surface area contributed by atoms with Gasteiger partial charge in [-0.25, -0.2) is 4.98 Å². The molecule has 0 aliphatic heterocycles. The van der Waals surface area contributed by atoms with Crippen molar-refractivity contribution in [2.24, 2.45) is 0 Å². The van der Waals surface area contributed by atoms with Gasteiger partial charge in [-0.2, -0.15) is 0 Å². The Morgan fingerprint density at radius 2 is 1.72 bits per heavy atom. The average molecular weight is 494 g/mol. The lowest BCUT2D eigenvalue weighted by Crippen LogP contribution is -2.38. The summed E-state index contributed by atoms with van der Waals surface area (Å²) in [5.41, 5.74) is 1.15. The molecule has 0 N–H and O–H groups in total. The summed E-state index contributed by atoms with van der Waals surface area (Å²) >= 11 is 0. The molecule has 7 nitrogen and oxygen atoms in total. The van der Waals surface area contributed by atoms with E-state index in [4.69, 9.17) is 14.5 Å². The van der Waals surface area contributed by atoms with E-state index in [0.717, 1.165) is 19.3 Å². The maximum atomic E-state index is 13.7. The van der Waals surface area contributed by atoms with E-state index in [2.05, 4.69) is 6.92 Å². The molecule has 36 heavy (non-hydrogen) atoms. The van der Waals surface area contributed by atoms with E-state index in [1.165, 1.54) is 12.8 Å². The lowest BCUT2D eigenvalue weighted by Gasteiger charge is -2.31. The molecule has 0 fully saturated rings. The SMILES string of the molecule is CCCCCCCC(=O)N(CCCOC)C(C)c1nc2ccccc2c(=O)n1-c1ccc(OC)cc1. The number of hydrogen-bond acceptors (Lipinski definition) is 5. The van der Waals surface area contributed by atoms with E-state index in [9.17, 15) is 9.59 Å². The second-order valence-electron chi connectivity index (χ2n) is 9.10. The number of carbonyl (C=O) groups is 1. The molecule has 0 bridgehead atoms. The minimum atomic E-state index is -0.399. The number of nitrogens with zero attached hydrogens (tertiary/aromatic N) is 3. The molecule has 0 spiro atoms. The van der Waals surface area contributed by atoms with Crippen LogP contribution in [0, 0.1) is 0 Å². The Morgan fingerprint density at radius 3 is 2.42 bits per heavy atom. The van der Waals surface area contributed by atoms with E-state index in [-0.39, 0.29) is 11.5 Å². The zero-order valence-electron chi connectivity index (χ0n) is 22.0. The number of methoxy groups -OCH3 is 2. The molecule has 1 atom stereocenters. The molecule has 2 aromatic carbocycles. The van der Waals surface area contributed by atoms with Crippen molar-refractivity contribution in [2.75, 3.05) is 27.4 Å². The van der Waals surface area contributed by atoms with Crippen molar-refractivity contribution in [3.8, 4) is 11.4 Å². The lowest BCUT2D eigenvalue weighted by atomic mass is 10.1. The average Bonchev–Trinajstić information content (AvgIpc) is 2.90. The quantitative estimate of drug-likeness (QED) is 0.270. The maximum Gasteiger partial charge on any atom is 0.266 e. The molecule has 0 aliphatic rings. The third-order valence-corrected chi connectivity index (χ3v) is 6.54. The molecule has 194 valence electrons. The first-order valence-electron chi connectivity index (χ1n) is 13.0. The zero-order chi connectivity index (χ0) is 25.9. The van der Waals surface area contributed by atoms with Gasteiger partial charge in [-0.05, 0) is 56.2 Å². The number of aromatic nitrogens is 2. The highest BCUT2D eigenvalue weighted by Crippen LogP contribution is 2.25. The van der Waals surface area contributed by atoms with Crippen LogP contribution in [-0.4, -0.2) is 47.7 Å². The Bertz CT molecular complexity index is 1170. The van der Waals surface area contributed by atoms with Crippen molar-refractivity contribution in [1.82, 2.24) is 14.5 Å². The topological polar surface area (TPSA) is 73.7 Å². The fourth-order valence-electron chi connectivity index (χ4n) is 4.49. The number of ether oxygens (including phenoxy) is 2. The van der Waals surface area contributed by atoms with E-state index in [1.54, 1.807) is 24.9 Å². The molecule has 3 aromatic rings. The van der Waals surface area contributed by atoms with E-state index in [0.29, 0.717) is 54.2 Å². The molecule has 0 saturated heterocycles. The lowest BCUT2D eigenvalue weighted by molar-refractivity contribution is -0.134. The summed E-state index contributed by atoms with van der Waals surface area (Å²) in [5.74, 6) is 1.33. The van der Waals surface area contributed by atoms with Crippen LogP contribution < -0.4 is 10.3 Å². The normalized spacial score (nSPS) is 12.0. The summed E-state index contributed by atoms with van der Waals surface area (Å²) in [6.45, 7) is 5.24. The highest BCUT2D eigenvalue weighted by atomic mass is 16.5. The van der Waals surface area contributed by atoms with Crippen LogP contribution in [0.5, 0.6) is 5.75 Å². The molecule has 1 amide bonds. The van der Waals surface area contributed by atoms with Crippen LogP contribution in [0.2, 0.25) is 0 Å². The number of unbranched alkanes of at least 4 members (excludes halogenated alkanes) is 4. The number of rotatable bonds is 14. The van der Waals surface area contributed by atoms with Crippen molar-refractivity contribution in [2.45, 2.75) is 64.8 Å². The predicted octanol–water partition coefficient (Wildman–Crippen LogP) is 5.68. The summed E-state index contributed by atoms with van der Waals surface area (Å²) < 4.78 is 12.2. The first-order valence-corrected chi connectivity index (χ1v) is 13.0. The number of carbonyl (C=O) groups excluding carboxylic acids is 1. The van der Waals surface area contributed by atoms with Gasteiger partial charge in [0.25, 0.3) is 5.56 Å². The Morgan fingerprint density at radius 1 is 1.00 bits per heavy atom. The van der Waals surface area contributed by atoms with Gasteiger partial charge in [0.2, 0.25) is 5.91 Å². The van der Waals surface area contributed by atoms with Crippen LogP contribution in [0.4, 0.5) is 0 Å². The van der Waals surface area contributed by atoms with Gasteiger partial charge in [0.15, 0.2) is 0 Å². The highest BCUT2D eigenvalue weighted by molar-refractivity contribution is 5.79. The second kappa shape index (κ2) is 13.8. The van der Waals surface area contributed by atoms with Crippen LogP contribution >= 0.6 is 0 Å². The van der Waals surface area contributed by atoms with Gasteiger partial charge in [0.05, 0.1) is 29.7 Å². The number of hydrogen-bond donors (Lipinski definition) is 0. The molecule has 0 saturated carbocycles. The molecule has 1 heterocycles. The zero-order valence-corrected chi connectivity index (χ0v) is 22.0. The number of para-hydroxylation sites is 1.